The van der Waals surface area contributed by atoms with Crippen LogP contribution in [-0.2, 0) is 9.53 Å². The van der Waals surface area contributed by atoms with E-state index in [1.54, 1.807) is 0 Å². The van der Waals surface area contributed by atoms with Crippen molar-refractivity contribution < 1.29 is 24.5 Å². The second-order valence-corrected chi connectivity index (χ2v) is 3.29. The maximum atomic E-state index is 11.6. The zero-order valence-electron chi connectivity index (χ0n) is 9.30. The van der Waals surface area contributed by atoms with E-state index in [0.717, 1.165) is 12.3 Å². The molecule has 0 radical (unpaired) electrons. The molecule has 1 amide bonds. The zero-order chi connectivity index (χ0) is 13.0. The highest BCUT2D eigenvalue weighted by Crippen LogP contribution is 2.19. The van der Waals surface area contributed by atoms with E-state index in [4.69, 9.17) is 5.11 Å². The molecule has 0 aliphatic rings. The molecule has 0 fully saturated rings. The lowest BCUT2D eigenvalue weighted by molar-refractivity contribution is -0.146. The lowest BCUT2D eigenvalue weighted by Crippen LogP contribution is -2.36. The number of hydrogen-bond acceptors (Lipinski definition) is 6. The van der Waals surface area contributed by atoms with E-state index >= 15 is 0 Å². The standard InChI is InChI=1S/C10H12N2O5/c1-5(17-6(2)13)12-10(16)9-8(15)3-7(14)4-11-9/h3-5,14-15H,1-2H3,(H,12,16). The number of esters is 1. The molecule has 0 aromatic carbocycles. The maximum absolute atomic E-state index is 11.6. The molecule has 1 aromatic heterocycles. The van der Waals surface area contributed by atoms with Crippen LogP contribution >= 0.6 is 0 Å². The molecule has 7 heteroatoms. The van der Waals surface area contributed by atoms with Crippen molar-refractivity contribution in [3.05, 3.63) is 18.0 Å². The first kappa shape index (κ1) is 12.8. The fourth-order valence-corrected chi connectivity index (χ4v) is 1.15. The Bertz CT molecular complexity index is 446. The highest BCUT2D eigenvalue weighted by Gasteiger charge is 2.16. The smallest absolute Gasteiger partial charge is 0.304 e. The van der Waals surface area contributed by atoms with Gasteiger partial charge in [-0.1, -0.05) is 0 Å². The molecule has 0 saturated heterocycles. The molecule has 0 aliphatic heterocycles. The number of ether oxygens (including phenoxy) is 1. The third-order valence-corrected chi connectivity index (χ3v) is 1.75. The van der Waals surface area contributed by atoms with Gasteiger partial charge in [0.2, 0.25) is 0 Å². The summed E-state index contributed by atoms with van der Waals surface area (Å²) in [7, 11) is 0. The lowest BCUT2D eigenvalue weighted by atomic mass is 10.3. The third kappa shape index (κ3) is 3.63. The normalized spacial score (nSPS) is 11.6. The van der Waals surface area contributed by atoms with Crippen LogP contribution in [0.2, 0.25) is 0 Å². The van der Waals surface area contributed by atoms with Crippen molar-refractivity contribution in [3.63, 3.8) is 0 Å². The van der Waals surface area contributed by atoms with Crippen LogP contribution in [0.1, 0.15) is 24.3 Å². The number of carbonyl (C=O) groups is 2. The Labute approximate surface area is 97.1 Å². The van der Waals surface area contributed by atoms with Crippen molar-refractivity contribution in [2.45, 2.75) is 20.1 Å². The number of aromatic nitrogens is 1. The Hall–Kier alpha value is -2.31. The molecule has 92 valence electrons. The minimum Gasteiger partial charge on any atom is -0.506 e. The molecular weight excluding hydrogens is 228 g/mol. The molecule has 0 aliphatic carbocycles. The summed E-state index contributed by atoms with van der Waals surface area (Å²) in [6, 6.07) is 0.985. The summed E-state index contributed by atoms with van der Waals surface area (Å²) in [5, 5.41) is 20.7. The second-order valence-electron chi connectivity index (χ2n) is 3.29. The average molecular weight is 240 g/mol. The third-order valence-electron chi connectivity index (χ3n) is 1.75. The van der Waals surface area contributed by atoms with Crippen LogP contribution in [0.15, 0.2) is 12.3 Å². The molecule has 0 saturated carbocycles. The van der Waals surface area contributed by atoms with Gasteiger partial charge in [0.15, 0.2) is 17.7 Å². The van der Waals surface area contributed by atoms with E-state index in [9.17, 15) is 14.7 Å². The number of pyridine rings is 1. The summed E-state index contributed by atoms with van der Waals surface area (Å²) in [4.78, 5) is 25.7. The maximum Gasteiger partial charge on any atom is 0.304 e. The average Bonchev–Trinajstić information content (AvgIpc) is 2.15. The minimum absolute atomic E-state index is 0.257. The van der Waals surface area contributed by atoms with Crippen LogP contribution in [0.4, 0.5) is 0 Å². The zero-order valence-corrected chi connectivity index (χ0v) is 9.30. The van der Waals surface area contributed by atoms with Gasteiger partial charge in [-0.25, -0.2) is 4.98 Å². The lowest BCUT2D eigenvalue weighted by Gasteiger charge is -2.13. The van der Waals surface area contributed by atoms with E-state index < -0.39 is 23.9 Å². The Morgan fingerprint density at radius 3 is 2.65 bits per heavy atom. The molecule has 0 bridgehead atoms. The molecule has 3 N–H and O–H groups in total. The number of hydrogen-bond donors (Lipinski definition) is 3. The van der Waals surface area contributed by atoms with Crippen LogP contribution in [0.5, 0.6) is 11.5 Å². The highest BCUT2D eigenvalue weighted by molar-refractivity contribution is 5.95. The van der Waals surface area contributed by atoms with E-state index in [1.165, 1.54) is 13.8 Å². The van der Waals surface area contributed by atoms with Crippen LogP contribution in [-0.4, -0.2) is 33.3 Å². The molecule has 0 spiro atoms. The summed E-state index contributed by atoms with van der Waals surface area (Å²) in [6.07, 6.45) is 0.181. The Balaban J connectivity index is 2.73. The largest absolute Gasteiger partial charge is 0.506 e. The van der Waals surface area contributed by atoms with E-state index in [2.05, 4.69) is 15.0 Å². The van der Waals surface area contributed by atoms with Crippen molar-refractivity contribution in [1.82, 2.24) is 10.3 Å². The van der Waals surface area contributed by atoms with Crippen molar-refractivity contribution >= 4 is 11.9 Å². The predicted octanol–water partition coefficient (Wildman–Crippen LogP) is 0.132. The second kappa shape index (κ2) is 5.15. The van der Waals surface area contributed by atoms with Gasteiger partial charge < -0.3 is 20.3 Å². The van der Waals surface area contributed by atoms with Crippen LogP contribution in [0.25, 0.3) is 0 Å². The first-order chi connectivity index (χ1) is 7.90. The number of nitrogens with one attached hydrogen (secondary N) is 1. The van der Waals surface area contributed by atoms with Gasteiger partial charge in [-0.15, -0.1) is 0 Å². The summed E-state index contributed by atoms with van der Waals surface area (Å²) in [5.41, 5.74) is -0.262. The molecule has 1 heterocycles. The number of aromatic hydroxyl groups is 2. The number of rotatable bonds is 3. The number of nitrogens with zero attached hydrogens (tertiary/aromatic N) is 1. The fraction of sp³-hybridized carbons (Fsp3) is 0.300. The quantitative estimate of drug-likeness (QED) is 0.512. The monoisotopic (exact) mass is 240 g/mol. The Morgan fingerprint density at radius 1 is 1.47 bits per heavy atom. The van der Waals surface area contributed by atoms with Gasteiger partial charge in [0.05, 0.1) is 6.20 Å². The van der Waals surface area contributed by atoms with Crippen LogP contribution in [0.3, 0.4) is 0 Å². The predicted molar refractivity (Wildman–Crippen MR) is 56.3 cm³/mol. The number of carbonyl (C=O) groups excluding carboxylic acids is 2. The Kier molecular flexibility index (Phi) is 3.86. The SMILES string of the molecule is CC(=O)OC(C)NC(=O)c1ncc(O)cc1O. The molecule has 1 unspecified atom stereocenters. The molecular formula is C10H12N2O5. The van der Waals surface area contributed by atoms with Crippen molar-refractivity contribution in [3.8, 4) is 11.5 Å². The van der Waals surface area contributed by atoms with Gasteiger partial charge in [-0.3, -0.25) is 9.59 Å². The summed E-state index contributed by atoms with van der Waals surface area (Å²) in [6.45, 7) is 2.66. The molecule has 17 heavy (non-hydrogen) atoms. The number of amides is 1. The van der Waals surface area contributed by atoms with Crippen LogP contribution in [0, 0.1) is 0 Å². The Morgan fingerprint density at radius 2 is 2.12 bits per heavy atom. The fourth-order valence-electron chi connectivity index (χ4n) is 1.15. The van der Waals surface area contributed by atoms with Crippen molar-refractivity contribution in [2.75, 3.05) is 0 Å². The van der Waals surface area contributed by atoms with E-state index in [0.29, 0.717) is 0 Å². The van der Waals surface area contributed by atoms with Gasteiger partial charge >= 0.3 is 5.97 Å². The van der Waals surface area contributed by atoms with Gasteiger partial charge in [-0.05, 0) is 6.92 Å². The molecule has 1 atom stereocenters. The molecule has 1 rings (SSSR count). The molecule has 1 aromatic rings. The van der Waals surface area contributed by atoms with Gasteiger partial charge in [-0.2, -0.15) is 0 Å². The highest BCUT2D eigenvalue weighted by atomic mass is 16.6. The minimum atomic E-state index is -0.838. The van der Waals surface area contributed by atoms with Crippen molar-refractivity contribution in [2.24, 2.45) is 0 Å². The van der Waals surface area contributed by atoms with E-state index in [1.807, 2.05) is 0 Å². The summed E-state index contributed by atoms with van der Waals surface area (Å²) < 4.78 is 4.68. The summed E-state index contributed by atoms with van der Waals surface area (Å²) in [5.74, 6) is -1.97. The first-order valence-corrected chi connectivity index (χ1v) is 4.76. The first-order valence-electron chi connectivity index (χ1n) is 4.76. The molecule has 7 nitrogen and oxygen atoms in total. The van der Waals surface area contributed by atoms with Crippen LogP contribution < -0.4 is 5.32 Å². The summed E-state index contributed by atoms with van der Waals surface area (Å²) >= 11 is 0. The van der Waals surface area contributed by atoms with Gasteiger partial charge in [0.25, 0.3) is 5.91 Å². The van der Waals surface area contributed by atoms with Gasteiger partial charge in [0.1, 0.15) is 5.75 Å². The van der Waals surface area contributed by atoms with E-state index in [-0.39, 0.29) is 11.4 Å². The van der Waals surface area contributed by atoms with Gasteiger partial charge in [0, 0.05) is 13.0 Å². The topological polar surface area (TPSA) is 109 Å². The van der Waals surface area contributed by atoms with Crippen molar-refractivity contribution in [1.29, 1.82) is 0 Å².